The van der Waals surface area contributed by atoms with Crippen molar-refractivity contribution in [2.75, 3.05) is 7.05 Å². The number of hydrogen-bond donors (Lipinski definition) is 1. The lowest BCUT2D eigenvalue weighted by Crippen LogP contribution is -2.06. The quantitative estimate of drug-likeness (QED) is 0.817. The summed E-state index contributed by atoms with van der Waals surface area (Å²) in [4.78, 5) is 0. The molecule has 0 aliphatic rings. The highest BCUT2D eigenvalue weighted by Crippen LogP contribution is 2.28. The largest absolute Gasteiger partial charge is 0.347 e. The van der Waals surface area contributed by atoms with Gasteiger partial charge in [0.2, 0.25) is 0 Å². The van der Waals surface area contributed by atoms with Crippen LogP contribution in [0.15, 0.2) is 12.1 Å². The molecule has 0 bridgehead atoms. The van der Waals surface area contributed by atoms with Gasteiger partial charge in [-0.1, -0.05) is 12.1 Å². The lowest BCUT2D eigenvalue weighted by molar-refractivity contribution is 0.800. The molecule has 1 N–H and O–H groups in total. The van der Waals surface area contributed by atoms with Gasteiger partial charge in [-0.05, 0) is 44.5 Å². The topological polar surface area (TPSA) is 17.0 Å². The van der Waals surface area contributed by atoms with Crippen molar-refractivity contribution in [1.29, 1.82) is 0 Å². The fourth-order valence-electron chi connectivity index (χ4n) is 2.44. The maximum atomic E-state index is 3.25. The zero-order valence-electron chi connectivity index (χ0n) is 10.8. The molecule has 0 saturated carbocycles. The molecule has 16 heavy (non-hydrogen) atoms. The summed E-state index contributed by atoms with van der Waals surface area (Å²) in [6.45, 7) is 7.52. The van der Waals surface area contributed by atoms with Gasteiger partial charge in [-0.25, -0.2) is 0 Å². The SMILES string of the molecule is CNCc1c(C)n(C)c2c(C)c(C)ccc12. The first-order chi connectivity index (χ1) is 7.57. The third-order valence-electron chi connectivity index (χ3n) is 3.66. The molecule has 2 aromatic rings. The number of nitrogens with one attached hydrogen (secondary N) is 1. The molecule has 2 heteroatoms. The van der Waals surface area contributed by atoms with E-state index in [1.165, 1.54) is 33.3 Å². The van der Waals surface area contributed by atoms with E-state index in [4.69, 9.17) is 0 Å². The second-order valence-electron chi connectivity index (χ2n) is 4.56. The summed E-state index contributed by atoms with van der Waals surface area (Å²) in [6, 6.07) is 4.47. The zero-order chi connectivity index (χ0) is 11.9. The van der Waals surface area contributed by atoms with E-state index in [0.29, 0.717) is 0 Å². The minimum absolute atomic E-state index is 0.936. The second-order valence-corrected chi connectivity index (χ2v) is 4.56. The number of aryl methyl sites for hydroxylation is 3. The molecular weight excluding hydrogens is 196 g/mol. The van der Waals surface area contributed by atoms with Crippen molar-refractivity contribution in [1.82, 2.24) is 9.88 Å². The van der Waals surface area contributed by atoms with Gasteiger partial charge in [-0.15, -0.1) is 0 Å². The summed E-state index contributed by atoms with van der Waals surface area (Å²) < 4.78 is 2.31. The van der Waals surface area contributed by atoms with Crippen LogP contribution in [0.1, 0.15) is 22.4 Å². The van der Waals surface area contributed by atoms with Gasteiger partial charge < -0.3 is 9.88 Å². The molecule has 0 unspecified atom stereocenters. The van der Waals surface area contributed by atoms with Gasteiger partial charge >= 0.3 is 0 Å². The molecule has 1 aromatic carbocycles. The number of benzene rings is 1. The lowest BCUT2D eigenvalue weighted by atomic mass is 10.0. The van der Waals surface area contributed by atoms with Crippen LogP contribution in [0, 0.1) is 20.8 Å². The van der Waals surface area contributed by atoms with Crippen LogP contribution in [0.2, 0.25) is 0 Å². The zero-order valence-corrected chi connectivity index (χ0v) is 10.8. The molecule has 86 valence electrons. The molecule has 0 saturated heterocycles. The smallest absolute Gasteiger partial charge is 0.0515 e. The van der Waals surface area contributed by atoms with Gasteiger partial charge in [-0.3, -0.25) is 0 Å². The Kier molecular flexibility index (Phi) is 2.76. The van der Waals surface area contributed by atoms with E-state index in [1.54, 1.807) is 0 Å². The highest BCUT2D eigenvalue weighted by Gasteiger charge is 2.13. The number of fused-ring (bicyclic) bond motifs is 1. The Labute approximate surface area is 97.3 Å². The van der Waals surface area contributed by atoms with Crippen LogP contribution >= 0.6 is 0 Å². The van der Waals surface area contributed by atoms with Gasteiger partial charge in [-0.2, -0.15) is 0 Å². The van der Waals surface area contributed by atoms with E-state index >= 15 is 0 Å². The van der Waals surface area contributed by atoms with Crippen LogP contribution in [0.3, 0.4) is 0 Å². The summed E-state index contributed by atoms with van der Waals surface area (Å²) in [5.74, 6) is 0. The van der Waals surface area contributed by atoms with Crippen LogP contribution in [0.5, 0.6) is 0 Å². The maximum absolute atomic E-state index is 3.25. The predicted molar refractivity (Wildman–Crippen MR) is 69.9 cm³/mol. The van der Waals surface area contributed by atoms with Crippen molar-refractivity contribution in [3.8, 4) is 0 Å². The van der Waals surface area contributed by atoms with Gasteiger partial charge in [0.15, 0.2) is 0 Å². The Morgan fingerprint density at radius 1 is 1.19 bits per heavy atom. The fourth-order valence-corrected chi connectivity index (χ4v) is 2.44. The van der Waals surface area contributed by atoms with Crippen molar-refractivity contribution in [3.63, 3.8) is 0 Å². The molecule has 2 nitrogen and oxygen atoms in total. The molecule has 0 aliphatic carbocycles. The first-order valence-corrected chi connectivity index (χ1v) is 5.76. The van der Waals surface area contributed by atoms with Crippen LogP contribution in [0.25, 0.3) is 10.9 Å². The van der Waals surface area contributed by atoms with Crippen LogP contribution in [-0.4, -0.2) is 11.6 Å². The molecule has 1 heterocycles. The number of hydrogen-bond acceptors (Lipinski definition) is 1. The Morgan fingerprint density at radius 3 is 2.50 bits per heavy atom. The minimum atomic E-state index is 0.936. The molecule has 0 amide bonds. The van der Waals surface area contributed by atoms with E-state index in [9.17, 15) is 0 Å². The van der Waals surface area contributed by atoms with Crippen molar-refractivity contribution < 1.29 is 0 Å². The van der Waals surface area contributed by atoms with E-state index in [0.717, 1.165) is 6.54 Å². The van der Waals surface area contributed by atoms with Crippen LogP contribution in [0.4, 0.5) is 0 Å². The highest BCUT2D eigenvalue weighted by atomic mass is 15.0. The maximum Gasteiger partial charge on any atom is 0.0515 e. The summed E-state index contributed by atoms with van der Waals surface area (Å²) in [6.07, 6.45) is 0. The molecule has 0 aliphatic heterocycles. The molecule has 0 radical (unpaired) electrons. The van der Waals surface area contributed by atoms with Crippen LogP contribution in [-0.2, 0) is 13.6 Å². The molecule has 0 atom stereocenters. The third kappa shape index (κ3) is 1.45. The molecular formula is C14H20N2. The van der Waals surface area contributed by atoms with Crippen molar-refractivity contribution >= 4 is 10.9 Å². The Bertz CT molecular complexity index is 535. The molecule has 1 aromatic heterocycles. The molecule has 2 rings (SSSR count). The number of rotatable bonds is 2. The van der Waals surface area contributed by atoms with E-state index < -0.39 is 0 Å². The fraction of sp³-hybridized carbons (Fsp3) is 0.429. The standard InChI is InChI=1S/C14H20N2/c1-9-6-7-12-13(8-15-4)11(3)16(5)14(12)10(9)2/h6-7,15H,8H2,1-5H3. The summed E-state index contributed by atoms with van der Waals surface area (Å²) in [5.41, 5.74) is 6.92. The monoisotopic (exact) mass is 216 g/mol. The van der Waals surface area contributed by atoms with Gasteiger partial charge in [0.05, 0.1) is 5.52 Å². The van der Waals surface area contributed by atoms with Crippen molar-refractivity contribution in [2.24, 2.45) is 7.05 Å². The lowest BCUT2D eigenvalue weighted by Gasteiger charge is -2.05. The Hall–Kier alpha value is -1.28. The Balaban J connectivity index is 2.84. The summed E-state index contributed by atoms with van der Waals surface area (Å²) in [7, 11) is 4.16. The molecule has 0 fully saturated rings. The van der Waals surface area contributed by atoms with Gasteiger partial charge in [0.1, 0.15) is 0 Å². The summed E-state index contributed by atoms with van der Waals surface area (Å²) in [5, 5.41) is 4.64. The first-order valence-electron chi connectivity index (χ1n) is 5.76. The highest BCUT2D eigenvalue weighted by molar-refractivity contribution is 5.88. The molecule has 0 spiro atoms. The number of nitrogens with zero attached hydrogens (tertiary/aromatic N) is 1. The van der Waals surface area contributed by atoms with E-state index in [-0.39, 0.29) is 0 Å². The number of aromatic nitrogens is 1. The second kappa shape index (κ2) is 3.95. The van der Waals surface area contributed by atoms with Crippen molar-refractivity contribution in [2.45, 2.75) is 27.3 Å². The summed E-state index contributed by atoms with van der Waals surface area (Å²) >= 11 is 0. The third-order valence-corrected chi connectivity index (χ3v) is 3.66. The normalized spacial score (nSPS) is 11.3. The van der Waals surface area contributed by atoms with Crippen LogP contribution < -0.4 is 5.32 Å². The van der Waals surface area contributed by atoms with Crippen molar-refractivity contribution in [3.05, 3.63) is 34.5 Å². The first kappa shape index (κ1) is 11.2. The average Bonchev–Trinajstić information content (AvgIpc) is 2.50. The van der Waals surface area contributed by atoms with E-state index in [2.05, 4.69) is 49.8 Å². The van der Waals surface area contributed by atoms with Gasteiger partial charge in [0.25, 0.3) is 0 Å². The average molecular weight is 216 g/mol. The predicted octanol–water partition coefficient (Wildman–Crippen LogP) is 2.82. The van der Waals surface area contributed by atoms with E-state index in [1.807, 2.05) is 7.05 Å². The van der Waals surface area contributed by atoms with Gasteiger partial charge in [0, 0.05) is 24.7 Å². The minimum Gasteiger partial charge on any atom is -0.347 e. The Morgan fingerprint density at radius 2 is 1.88 bits per heavy atom.